The largest absolute Gasteiger partial charge is 0.493 e. The minimum atomic E-state index is -0.0426. The molecule has 1 fully saturated rings. The molecule has 1 aliphatic rings. The maximum atomic E-state index is 12.6. The number of benzene rings is 2. The van der Waals surface area contributed by atoms with Gasteiger partial charge in [0.05, 0.1) is 20.0 Å². The number of carbonyl (C=O) groups is 1. The Hall–Kier alpha value is -2.81. The van der Waals surface area contributed by atoms with E-state index in [1.807, 2.05) is 30.3 Å². The number of methoxy groups -OCH3 is 2. The topological polar surface area (TPSA) is 85.4 Å². The van der Waals surface area contributed by atoms with E-state index >= 15 is 0 Å². The van der Waals surface area contributed by atoms with E-state index < -0.39 is 0 Å². The summed E-state index contributed by atoms with van der Waals surface area (Å²) in [5.74, 6) is 2.35. The van der Waals surface area contributed by atoms with Crippen molar-refractivity contribution in [3.63, 3.8) is 0 Å². The van der Waals surface area contributed by atoms with Gasteiger partial charge in [0.2, 0.25) is 0 Å². The molecule has 0 spiro atoms. The van der Waals surface area contributed by atoms with Gasteiger partial charge in [0.15, 0.2) is 11.5 Å². The second-order valence-electron chi connectivity index (χ2n) is 8.65. The van der Waals surface area contributed by atoms with Crippen molar-refractivity contribution in [1.29, 1.82) is 0 Å². The second-order valence-corrected chi connectivity index (χ2v) is 10.0. The lowest BCUT2D eigenvalue weighted by Crippen LogP contribution is -2.46. The maximum Gasteiger partial charge on any atom is 0.279 e. The summed E-state index contributed by atoms with van der Waals surface area (Å²) >= 11 is 7.16. The molecular formula is C27H31ClN4O3S. The number of halogens is 1. The maximum absolute atomic E-state index is 12.6. The fourth-order valence-corrected chi connectivity index (χ4v) is 5.12. The molecule has 1 saturated carbocycles. The van der Waals surface area contributed by atoms with Gasteiger partial charge in [-0.05, 0) is 67.6 Å². The number of carbonyl (C=O) groups excluding carboxylic acids is 1. The molecule has 0 unspecified atom stereocenters. The Bertz CT molecular complexity index is 1140. The van der Waals surface area contributed by atoms with Gasteiger partial charge in [-0.3, -0.25) is 4.79 Å². The van der Waals surface area contributed by atoms with Crippen LogP contribution in [-0.4, -0.2) is 48.1 Å². The van der Waals surface area contributed by atoms with Gasteiger partial charge in [-0.1, -0.05) is 41.6 Å². The Labute approximate surface area is 221 Å². The molecule has 2 atom stereocenters. The van der Waals surface area contributed by atoms with Crippen molar-refractivity contribution in [2.24, 2.45) is 0 Å². The summed E-state index contributed by atoms with van der Waals surface area (Å²) in [6, 6.07) is 14.0. The molecule has 2 N–H and O–H groups in total. The molecule has 1 aromatic heterocycles. The molecule has 0 saturated heterocycles. The first-order valence-electron chi connectivity index (χ1n) is 12.0. The third-order valence-electron chi connectivity index (χ3n) is 6.31. The van der Waals surface area contributed by atoms with Crippen molar-refractivity contribution in [3.05, 3.63) is 71.3 Å². The Morgan fingerprint density at radius 2 is 1.72 bits per heavy atom. The quantitative estimate of drug-likeness (QED) is 0.360. The van der Waals surface area contributed by atoms with Crippen LogP contribution in [0.5, 0.6) is 11.5 Å². The van der Waals surface area contributed by atoms with Gasteiger partial charge in [0.25, 0.3) is 5.24 Å². The first kappa shape index (κ1) is 26.3. The smallest absolute Gasteiger partial charge is 0.279 e. The standard InChI is InChI=1S/C27H31ClN4O3S/c1-34-24-11-8-19(14-25(24)35-2)20-15-30-26(31-16-20)17-36-27(33)32-23-5-3-4-22(23)29-13-12-18-6-9-21(28)10-7-18/h6-11,14-16,22-23,29H,3-5,12-13,17H2,1-2H3,(H,32,33)/t22-,23-/m1/s1. The van der Waals surface area contributed by atoms with E-state index in [9.17, 15) is 4.79 Å². The van der Waals surface area contributed by atoms with Gasteiger partial charge in [0, 0.05) is 35.1 Å². The number of nitrogens with one attached hydrogen (secondary N) is 2. The van der Waals surface area contributed by atoms with Crippen LogP contribution in [0.1, 0.15) is 30.7 Å². The Balaban J connectivity index is 1.23. The lowest BCUT2D eigenvalue weighted by atomic mass is 10.1. The van der Waals surface area contributed by atoms with E-state index in [4.69, 9.17) is 21.1 Å². The Kier molecular flexibility index (Phi) is 9.44. The Morgan fingerprint density at radius 1 is 1.00 bits per heavy atom. The predicted molar refractivity (Wildman–Crippen MR) is 145 cm³/mol. The number of amides is 1. The fourth-order valence-electron chi connectivity index (χ4n) is 4.35. The third kappa shape index (κ3) is 7.12. The molecule has 0 radical (unpaired) electrons. The summed E-state index contributed by atoms with van der Waals surface area (Å²) in [6.45, 7) is 0.867. The van der Waals surface area contributed by atoms with Crippen LogP contribution in [0.15, 0.2) is 54.9 Å². The minimum absolute atomic E-state index is 0.0426. The van der Waals surface area contributed by atoms with E-state index in [2.05, 4.69) is 32.7 Å². The molecule has 36 heavy (non-hydrogen) atoms. The van der Waals surface area contributed by atoms with E-state index in [0.717, 1.165) is 48.4 Å². The number of thioether (sulfide) groups is 1. The lowest BCUT2D eigenvalue weighted by Gasteiger charge is -2.22. The zero-order valence-corrected chi connectivity index (χ0v) is 22.1. The number of hydrogen-bond donors (Lipinski definition) is 2. The average Bonchev–Trinajstić information content (AvgIpc) is 3.35. The first-order chi connectivity index (χ1) is 17.6. The highest BCUT2D eigenvalue weighted by Gasteiger charge is 2.28. The molecule has 0 bridgehead atoms. The van der Waals surface area contributed by atoms with Crippen molar-refractivity contribution in [1.82, 2.24) is 20.6 Å². The van der Waals surface area contributed by atoms with Crippen LogP contribution < -0.4 is 20.1 Å². The number of hydrogen-bond acceptors (Lipinski definition) is 7. The summed E-state index contributed by atoms with van der Waals surface area (Å²) in [5.41, 5.74) is 3.05. The molecule has 7 nitrogen and oxygen atoms in total. The predicted octanol–water partition coefficient (Wildman–Crippen LogP) is 5.51. The lowest BCUT2D eigenvalue weighted by molar-refractivity contribution is 0.255. The SMILES string of the molecule is COc1ccc(-c2cnc(CSC(=O)N[C@@H]3CCC[C@H]3NCCc3ccc(Cl)cc3)nc2)cc1OC. The van der Waals surface area contributed by atoms with Crippen molar-refractivity contribution in [2.75, 3.05) is 20.8 Å². The molecule has 1 amide bonds. The van der Waals surface area contributed by atoms with Crippen molar-refractivity contribution in [2.45, 2.75) is 43.5 Å². The Morgan fingerprint density at radius 3 is 2.44 bits per heavy atom. The average molecular weight is 527 g/mol. The molecule has 2 aromatic carbocycles. The summed E-state index contributed by atoms with van der Waals surface area (Å²) in [4.78, 5) is 21.5. The second kappa shape index (κ2) is 12.9. The zero-order valence-electron chi connectivity index (χ0n) is 20.5. The van der Waals surface area contributed by atoms with E-state index in [1.165, 1.54) is 17.3 Å². The van der Waals surface area contributed by atoms with Crippen LogP contribution >= 0.6 is 23.4 Å². The summed E-state index contributed by atoms with van der Waals surface area (Å²) in [7, 11) is 3.21. The van der Waals surface area contributed by atoms with Crippen LogP contribution in [0, 0.1) is 0 Å². The van der Waals surface area contributed by atoms with Crippen LogP contribution in [0.2, 0.25) is 5.02 Å². The van der Waals surface area contributed by atoms with Crippen LogP contribution in [-0.2, 0) is 12.2 Å². The number of aromatic nitrogens is 2. The molecule has 1 aliphatic carbocycles. The van der Waals surface area contributed by atoms with E-state index in [1.54, 1.807) is 26.6 Å². The van der Waals surface area contributed by atoms with Crippen LogP contribution in [0.3, 0.4) is 0 Å². The third-order valence-corrected chi connectivity index (χ3v) is 7.34. The minimum Gasteiger partial charge on any atom is -0.493 e. The van der Waals surface area contributed by atoms with E-state index in [0.29, 0.717) is 29.1 Å². The molecule has 1 heterocycles. The highest BCUT2D eigenvalue weighted by molar-refractivity contribution is 8.12. The monoisotopic (exact) mass is 526 g/mol. The van der Waals surface area contributed by atoms with Gasteiger partial charge in [-0.25, -0.2) is 9.97 Å². The van der Waals surface area contributed by atoms with Crippen molar-refractivity contribution >= 4 is 28.6 Å². The number of nitrogens with zero attached hydrogens (tertiary/aromatic N) is 2. The van der Waals surface area contributed by atoms with Gasteiger partial charge < -0.3 is 20.1 Å². The van der Waals surface area contributed by atoms with Crippen molar-refractivity contribution in [3.8, 4) is 22.6 Å². The summed E-state index contributed by atoms with van der Waals surface area (Å²) in [5, 5.41) is 7.50. The van der Waals surface area contributed by atoms with Gasteiger partial charge in [-0.15, -0.1) is 0 Å². The molecule has 3 aromatic rings. The zero-order chi connectivity index (χ0) is 25.3. The van der Waals surface area contributed by atoms with Gasteiger partial charge in [0.1, 0.15) is 5.82 Å². The molecular weight excluding hydrogens is 496 g/mol. The van der Waals surface area contributed by atoms with Crippen LogP contribution in [0.25, 0.3) is 11.1 Å². The fraction of sp³-hybridized carbons (Fsp3) is 0.370. The normalized spacial score (nSPS) is 17.1. The van der Waals surface area contributed by atoms with Crippen molar-refractivity contribution < 1.29 is 14.3 Å². The molecule has 0 aliphatic heterocycles. The number of rotatable bonds is 10. The highest BCUT2D eigenvalue weighted by atomic mass is 35.5. The molecule has 9 heteroatoms. The molecule has 190 valence electrons. The van der Waals surface area contributed by atoms with E-state index in [-0.39, 0.29) is 11.3 Å². The molecule has 4 rings (SSSR count). The van der Waals surface area contributed by atoms with Crippen LogP contribution in [0.4, 0.5) is 4.79 Å². The van der Waals surface area contributed by atoms with Gasteiger partial charge >= 0.3 is 0 Å². The summed E-state index contributed by atoms with van der Waals surface area (Å²) in [6.07, 6.45) is 7.62. The highest BCUT2D eigenvalue weighted by Crippen LogP contribution is 2.32. The summed E-state index contributed by atoms with van der Waals surface area (Å²) < 4.78 is 10.7. The number of ether oxygens (including phenoxy) is 2. The first-order valence-corrected chi connectivity index (χ1v) is 13.4. The van der Waals surface area contributed by atoms with Gasteiger partial charge in [-0.2, -0.15) is 0 Å².